The molecule has 0 spiro atoms. The Morgan fingerprint density at radius 3 is 2.41 bits per heavy atom. The van der Waals surface area contributed by atoms with Crippen LogP contribution in [0.25, 0.3) is 74.0 Å². The molecule has 1 N–H and O–H groups in total. The lowest BCUT2D eigenvalue weighted by atomic mass is 9.75. The highest BCUT2D eigenvalue weighted by Crippen LogP contribution is 2.45. The minimum absolute atomic E-state index is 0.0751. The quantitative estimate of drug-likeness (QED) is 0.182. The first-order valence-corrected chi connectivity index (χ1v) is 22.2. The maximum atomic E-state index is 6.78. The first kappa shape index (κ1) is 36.2. The molecule has 4 atom stereocenters. The largest absolute Gasteiger partial charge is 0.460 e. The molecule has 0 radical (unpaired) electrons. The summed E-state index contributed by atoms with van der Waals surface area (Å²) in [7, 11) is 0. The molecule has 1 aliphatic heterocycles. The van der Waals surface area contributed by atoms with Crippen LogP contribution in [-0.2, 0) is 6.42 Å². The lowest BCUT2D eigenvalue weighted by Gasteiger charge is -2.38. The summed E-state index contributed by atoms with van der Waals surface area (Å²) in [6.07, 6.45) is 35.1. The summed E-state index contributed by atoms with van der Waals surface area (Å²) >= 11 is 0. The van der Waals surface area contributed by atoms with E-state index in [-0.39, 0.29) is 17.9 Å². The zero-order valence-corrected chi connectivity index (χ0v) is 34.4. The van der Waals surface area contributed by atoms with E-state index in [1.54, 1.807) is 0 Å². The molecule has 298 valence electrons. The van der Waals surface area contributed by atoms with E-state index >= 15 is 0 Å². The average molecular weight is 794 g/mol. The van der Waals surface area contributed by atoms with Crippen LogP contribution < -0.4 is 16.0 Å². The predicted molar refractivity (Wildman–Crippen MR) is 248 cm³/mol. The Morgan fingerprint density at radius 1 is 0.705 bits per heavy atom. The predicted octanol–water partition coefficient (Wildman–Crippen LogP) is 12.2. The Kier molecular flexibility index (Phi) is 8.76. The van der Waals surface area contributed by atoms with Gasteiger partial charge in [0.25, 0.3) is 0 Å². The molecule has 0 fully saturated rings. The van der Waals surface area contributed by atoms with Crippen LogP contribution in [0.2, 0.25) is 0 Å². The number of rotatable bonds is 6. The van der Waals surface area contributed by atoms with E-state index in [0.717, 1.165) is 113 Å². The molecular formula is C56H47N3O2. The van der Waals surface area contributed by atoms with Crippen LogP contribution in [0, 0.1) is 17.8 Å². The molecule has 3 aromatic heterocycles. The smallest absolute Gasteiger partial charge is 0.160 e. The van der Waals surface area contributed by atoms with E-state index in [0.29, 0.717) is 5.92 Å². The fraction of sp³-hybridized carbons (Fsp3) is 0.214. The Bertz CT molecular complexity index is 3130. The molecular weight excluding hydrogens is 747 g/mol. The third kappa shape index (κ3) is 6.29. The molecule has 61 heavy (non-hydrogen) atoms. The van der Waals surface area contributed by atoms with Gasteiger partial charge in [0.15, 0.2) is 5.82 Å². The van der Waals surface area contributed by atoms with Gasteiger partial charge >= 0.3 is 0 Å². The summed E-state index contributed by atoms with van der Waals surface area (Å²) in [5.41, 5.74) is 15.5. The number of allylic oxidation sites excluding steroid dienone is 12. The highest BCUT2D eigenvalue weighted by atomic mass is 16.3. The van der Waals surface area contributed by atoms with E-state index < -0.39 is 0 Å². The molecule has 4 heterocycles. The van der Waals surface area contributed by atoms with E-state index in [1.165, 1.54) is 38.6 Å². The molecule has 5 aliphatic carbocycles. The molecule has 0 bridgehead atoms. The van der Waals surface area contributed by atoms with Gasteiger partial charge in [-0.2, -0.15) is 0 Å². The van der Waals surface area contributed by atoms with Gasteiger partial charge in [-0.25, -0.2) is 9.97 Å². The van der Waals surface area contributed by atoms with Crippen molar-refractivity contribution in [3.05, 3.63) is 184 Å². The van der Waals surface area contributed by atoms with E-state index in [1.807, 2.05) is 0 Å². The lowest BCUT2D eigenvalue weighted by Crippen LogP contribution is -2.39. The van der Waals surface area contributed by atoms with Gasteiger partial charge in [0.1, 0.15) is 22.5 Å². The summed E-state index contributed by atoms with van der Waals surface area (Å²) in [5.74, 6) is 3.62. The van der Waals surface area contributed by atoms with E-state index in [2.05, 4.69) is 164 Å². The van der Waals surface area contributed by atoms with Crippen molar-refractivity contribution in [3.63, 3.8) is 0 Å². The fourth-order valence-corrected chi connectivity index (χ4v) is 10.5. The van der Waals surface area contributed by atoms with Crippen LogP contribution in [0.4, 0.5) is 0 Å². The van der Waals surface area contributed by atoms with Crippen molar-refractivity contribution in [2.45, 2.75) is 57.9 Å². The minimum atomic E-state index is 0.0751. The number of benzene rings is 3. The first-order chi connectivity index (χ1) is 30.1. The van der Waals surface area contributed by atoms with Crippen molar-refractivity contribution < 1.29 is 8.83 Å². The van der Waals surface area contributed by atoms with Crippen molar-refractivity contribution in [3.8, 4) is 33.6 Å². The van der Waals surface area contributed by atoms with Gasteiger partial charge in [0.2, 0.25) is 0 Å². The zero-order valence-electron chi connectivity index (χ0n) is 34.4. The third-order valence-corrected chi connectivity index (χ3v) is 13.5. The average Bonchev–Trinajstić information content (AvgIpc) is 3.91. The number of aryl methyl sites for hydroxylation is 1. The zero-order chi connectivity index (χ0) is 40.4. The number of fused-ring (bicyclic) bond motifs is 7. The normalized spacial score (nSPS) is 22.3. The van der Waals surface area contributed by atoms with E-state index in [4.69, 9.17) is 18.8 Å². The van der Waals surface area contributed by atoms with Gasteiger partial charge in [-0.05, 0) is 73.8 Å². The summed E-state index contributed by atoms with van der Waals surface area (Å²) in [4.78, 5) is 10.6. The van der Waals surface area contributed by atoms with Crippen LogP contribution in [0.3, 0.4) is 0 Å². The van der Waals surface area contributed by atoms with E-state index in [9.17, 15) is 0 Å². The highest BCUT2D eigenvalue weighted by Gasteiger charge is 2.38. The minimum Gasteiger partial charge on any atom is -0.460 e. The van der Waals surface area contributed by atoms with Crippen LogP contribution in [0.15, 0.2) is 154 Å². The standard InChI is InChI=1S/C56H47N3O2/c1-34-30-40(27-28-41(34)53-52-46-21-9-11-25-51(46)61-55(52)45-29-26-37(32-49(45)57-53)35-14-4-2-5-15-35)56-58-47(36-16-6-3-7-17-36)33-48(59-56)39-19-12-18-38(31-39)42-22-13-23-44-43-20-8-10-24-50(43)60-54(42)44/h3-4,6-8,12-23,25-31,33-34,37,41,53,57H,2,5,9-11,24,32H2,1H3/t34-,37?,41?,53?/m1/s1. The molecule has 3 unspecified atom stereocenters. The maximum absolute atomic E-state index is 6.78. The lowest BCUT2D eigenvalue weighted by molar-refractivity contribution is 0.363. The Hall–Kier alpha value is -6.72. The van der Waals surface area contributed by atoms with Crippen molar-refractivity contribution in [2.75, 3.05) is 0 Å². The monoisotopic (exact) mass is 793 g/mol. The second kappa shape index (κ2) is 14.8. The topological polar surface area (TPSA) is 64.1 Å². The molecule has 12 rings (SSSR count). The van der Waals surface area contributed by atoms with Crippen LogP contribution in [0.5, 0.6) is 0 Å². The molecule has 5 nitrogen and oxygen atoms in total. The number of para-hydroxylation sites is 1. The van der Waals surface area contributed by atoms with Gasteiger partial charge in [0.05, 0.1) is 17.4 Å². The number of nitrogens with zero attached hydrogens (tertiary/aromatic N) is 2. The maximum Gasteiger partial charge on any atom is 0.160 e. The summed E-state index contributed by atoms with van der Waals surface area (Å²) < 4.78 is 13.3. The first-order valence-electron chi connectivity index (χ1n) is 22.2. The summed E-state index contributed by atoms with van der Waals surface area (Å²) in [5, 5.41) is 6.57. The Balaban J connectivity index is 0.907. The molecule has 0 saturated carbocycles. The highest BCUT2D eigenvalue weighted by molar-refractivity contribution is 5.99. The van der Waals surface area contributed by atoms with Gasteiger partial charge in [-0.1, -0.05) is 140 Å². The second-order valence-electron chi connectivity index (χ2n) is 17.4. The van der Waals surface area contributed by atoms with Crippen molar-refractivity contribution in [2.24, 2.45) is 17.8 Å². The van der Waals surface area contributed by atoms with Gasteiger partial charge in [0, 0.05) is 73.5 Å². The molecule has 3 aromatic carbocycles. The molecule has 0 saturated heterocycles. The van der Waals surface area contributed by atoms with Crippen LogP contribution in [-0.4, -0.2) is 9.97 Å². The number of furan rings is 2. The molecule has 0 amide bonds. The Morgan fingerprint density at radius 2 is 1.52 bits per heavy atom. The summed E-state index contributed by atoms with van der Waals surface area (Å²) in [6, 6.07) is 27.9. The third-order valence-electron chi connectivity index (χ3n) is 13.5. The van der Waals surface area contributed by atoms with Gasteiger partial charge in [-0.3, -0.25) is 0 Å². The number of aromatic nitrogens is 2. The molecule has 6 aliphatic rings. The second-order valence-corrected chi connectivity index (χ2v) is 17.4. The Labute approximate surface area is 356 Å². The van der Waals surface area contributed by atoms with Gasteiger partial charge in [-0.15, -0.1) is 0 Å². The van der Waals surface area contributed by atoms with Crippen molar-refractivity contribution >= 4 is 40.3 Å². The SMILES string of the molecule is C[C@@H]1C=C(c2nc(-c3ccccc3)cc(-c3cccc(-c4cccc5c6c(oc45)CCC=C6)c3)n2)C=CC1C1NC2=C(C=CC(C3=CCCC=C3)C2)c2oc3c(c21)=CCCC=3. The number of nitrogens with one attached hydrogen (secondary N) is 1. The molecule has 5 heteroatoms. The summed E-state index contributed by atoms with van der Waals surface area (Å²) in [6.45, 7) is 2.34. The molecule has 6 aromatic rings. The van der Waals surface area contributed by atoms with Crippen molar-refractivity contribution in [1.29, 1.82) is 0 Å². The van der Waals surface area contributed by atoms with Crippen molar-refractivity contribution in [1.82, 2.24) is 15.3 Å². The van der Waals surface area contributed by atoms with Crippen LogP contribution in [0.1, 0.15) is 80.0 Å². The fourth-order valence-electron chi connectivity index (χ4n) is 10.5. The van der Waals surface area contributed by atoms with Crippen LogP contribution >= 0.6 is 0 Å². The van der Waals surface area contributed by atoms with Gasteiger partial charge < -0.3 is 14.2 Å². The number of hydrogen-bond acceptors (Lipinski definition) is 5. The number of hydrogen-bond donors (Lipinski definition) is 1.